The van der Waals surface area contributed by atoms with Gasteiger partial charge < -0.3 is 20.1 Å². The molecule has 1 unspecified atom stereocenters. The quantitative estimate of drug-likeness (QED) is 0.300. The van der Waals surface area contributed by atoms with Crippen LogP contribution >= 0.6 is 0 Å². The summed E-state index contributed by atoms with van der Waals surface area (Å²) in [6, 6.07) is 20.4. The lowest BCUT2D eigenvalue weighted by Gasteiger charge is -2.16. The zero-order chi connectivity index (χ0) is 27.3. The largest absolute Gasteiger partial charge is 0.508 e. The number of fused-ring (bicyclic) bond motifs is 2. The molecule has 6 rings (SSSR count). The van der Waals surface area contributed by atoms with Gasteiger partial charge in [-0.3, -0.25) is 0 Å². The average Bonchev–Trinajstić information content (AvgIpc) is 3.48. The Morgan fingerprint density at radius 1 is 1.00 bits per heavy atom. The number of nitrogens with zero attached hydrogens (tertiary/aromatic N) is 6. The van der Waals surface area contributed by atoms with Crippen LogP contribution in [0.15, 0.2) is 79.3 Å². The normalized spacial score (nSPS) is 12.5. The SMILES string of the molecule is CC(c1cc2ccccn2c1-c1ccc(CN(C)C)cc1)n1nc(-c2cc(O)cc(F)c2)c2c(N)ncnc21. The molecule has 0 fully saturated rings. The molecule has 0 saturated heterocycles. The number of phenols is 1. The zero-order valence-electron chi connectivity index (χ0n) is 21.9. The lowest BCUT2D eigenvalue weighted by Crippen LogP contribution is -2.11. The van der Waals surface area contributed by atoms with Gasteiger partial charge in [0, 0.05) is 35.5 Å². The van der Waals surface area contributed by atoms with Crippen molar-refractivity contribution in [3.05, 3.63) is 96.2 Å². The van der Waals surface area contributed by atoms with E-state index in [1.165, 1.54) is 24.0 Å². The number of nitrogen functional groups attached to an aromatic ring is 1. The van der Waals surface area contributed by atoms with Crippen LogP contribution in [0.2, 0.25) is 0 Å². The molecule has 4 heterocycles. The van der Waals surface area contributed by atoms with Crippen molar-refractivity contribution >= 4 is 22.4 Å². The number of benzene rings is 2. The van der Waals surface area contributed by atoms with E-state index in [4.69, 9.17) is 10.8 Å². The van der Waals surface area contributed by atoms with E-state index in [1.54, 1.807) is 4.68 Å². The molecule has 196 valence electrons. The van der Waals surface area contributed by atoms with Crippen molar-refractivity contribution in [2.75, 3.05) is 19.8 Å². The Balaban J connectivity index is 1.54. The van der Waals surface area contributed by atoms with Gasteiger partial charge in [-0.05, 0) is 62.5 Å². The molecule has 2 aromatic carbocycles. The van der Waals surface area contributed by atoms with Gasteiger partial charge in [0.15, 0.2) is 5.65 Å². The Morgan fingerprint density at radius 3 is 2.54 bits per heavy atom. The van der Waals surface area contributed by atoms with E-state index in [0.29, 0.717) is 22.3 Å². The fourth-order valence-corrected chi connectivity index (χ4v) is 5.21. The first kappa shape index (κ1) is 24.6. The Bertz CT molecular complexity index is 1800. The summed E-state index contributed by atoms with van der Waals surface area (Å²) in [7, 11) is 4.11. The number of hydrogen-bond donors (Lipinski definition) is 2. The predicted octanol–water partition coefficient (Wildman–Crippen LogP) is 5.51. The van der Waals surface area contributed by atoms with Gasteiger partial charge in [-0.1, -0.05) is 30.3 Å². The summed E-state index contributed by atoms with van der Waals surface area (Å²) in [5, 5.41) is 15.4. The molecule has 39 heavy (non-hydrogen) atoms. The van der Waals surface area contributed by atoms with E-state index >= 15 is 0 Å². The maximum absolute atomic E-state index is 14.2. The van der Waals surface area contributed by atoms with Gasteiger partial charge in [-0.15, -0.1) is 0 Å². The molecule has 3 N–H and O–H groups in total. The van der Waals surface area contributed by atoms with Gasteiger partial charge in [0.1, 0.15) is 29.4 Å². The molecular weight excluding hydrogens is 493 g/mol. The lowest BCUT2D eigenvalue weighted by atomic mass is 10.0. The molecule has 0 aliphatic rings. The fourth-order valence-electron chi connectivity index (χ4n) is 5.21. The Labute approximate surface area is 224 Å². The second-order valence-corrected chi connectivity index (χ2v) is 10.0. The molecule has 1 atom stereocenters. The van der Waals surface area contributed by atoms with Gasteiger partial charge in [0.25, 0.3) is 0 Å². The van der Waals surface area contributed by atoms with E-state index in [2.05, 4.69) is 82.9 Å². The van der Waals surface area contributed by atoms with Crippen LogP contribution in [0.1, 0.15) is 24.1 Å². The molecule has 9 heteroatoms. The first-order valence-electron chi connectivity index (χ1n) is 12.6. The number of hydrogen-bond acceptors (Lipinski definition) is 6. The number of aromatic hydroxyl groups is 1. The second-order valence-electron chi connectivity index (χ2n) is 10.0. The lowest BCUT2D eigenvalue weighted by molar-refractivity contribution is 0.402. The molecular formula is C30H28FN7O. The third-order valence-corrected chi connectivity index (χ3v) is 6.93. The van der Waals surface area contributed by atoms with E-state index in [0.717, 1.165) is 34.9 Å². The Kier molecular flexibility index (Phi) is 6.00. The van der Waals surface area contributed by atoms with Crippen molar-refractivity contribution in [3.63, 3.8) is 0 Å². The van der Waals surface area contributed by atoms with Crippen LogP contribution in [0.25, 0.3) is 39.1 Å². The number of pyridine rings is 1. The molecule has 0 saturated carbocycles. The summed E-state index contributed by atoms with van der Waals surface area (Å²) < 4.78 is 18.2. The predicted molar refractivity (Wildman–Crippen MR) is 151 cm³/mol. The van der Waals surface area contributed by atoms with Gasteiger partial charge in [0.2, 0.25) is 0 Å². The van der Waals surface area contributed by atoms with Gasteiger partial charge in [0.05, 0.1) is 17.1 Å². The summed E-state index contributed by atoms with van der Waals surface area (Å²) in [4.78, 5) is 10.8. The molecule has 0 aliphatic heterocycles. The Hall–Kier alpha value is -4.76. The fraction of sp³-hybridized carbons (Fsp3) is 0.167. The highest BCUT2D eigenvalue weighted by molar-refractivity contribution is 5.98. The third-order valence-electron chi connectivity index (χ3n) is 6.93. The van der Waals surface area contributed by atoms with Gasteiger partial charge >= 0.3 is 0 Å². The number of aromatic nitrogens is 5. The van der Waals surface area contributed by atoms with Crippen LogP contribution in [-0.4, -0.2) is 48.3 Å². The minimum Gasteiger partial charge on any atom is -0.508 e. The minimum absolute atomic E-state index is 0.199. The second kappa shape index (κ2) is 9.52. The molecule has 6 aromatic rings. The van der Waals surface area contributed by atoms with Crippen LogP contribution < -0.4 is 5.73 Å². The van der Waals surface area contributed by atoms with Crippen LogP contribution in [0.5, 0.6) is 5.75 Å². The molecule has 0 radical (unpaired) electrons. The standard InChI is InChI=1S/C30H28FN7O/c1-18(38-30-26(29(32)33-17-34-30)27(35-38)21-12-22(31)14-24(39)13-21)25-15-23-6-4-5-11-37(23)28(25)20-9-7-19(8-10-20)16-36(2)3/h4-15,17-18,39H,16H2,1-3H3,(H2,32,33,34). The van der Waals surface area contributed by atoms with Crippen molar-refractivity contribution in [2.45, 2.75) is 19.5 Å². The third kappa shape index (κ3) is 4.36. The summed E-state index contributed by atoms with van der Waals surface area (Å²) in [5.74, 6) is -0.541. The maximum atomic E-state index is 14.2. The zero-order valence-corrected chi connectivity index (χ0v) is 21.9. The number of halogens is 1. The molecule has 4 aromatic heterocycles. The van der Waals surface area contributed by atoms with E-state index in [1.807, 2.05) is 12.1 Å². The van der Waals surface area contributed by atoms with Crippen molar-refractivity contribution in [1.29, 1.82) is 0 Å². The topological polar surface area (TPSA) is 97.5 Å². The monoisotopic (exact) mass is 521 g/mol. The highest BCUT2D eigenvalue weighted by Gasteiger charge is 2.25. The van der Waals surface area contributed by atoms with E-state index in [9.17, 15) is 9.50 Å². The van der Waals surface area contributed by atoms with Crippen molar-refractivity contribution in [1.82, 2.24) is 29.0 Å². The smallest absolute Gasteiger partial charge is 0.164 e. The van der Waals surface area contributed by atoms with Crippen LogP contribution in [0.4, 0.5) is 10.2 Å². The van der Waals surface area contributed by atoms with Gasteiger partial charge in [-0.2, -0.15) is 5.10 Å². The van der Waals surface area contributed by atoms with Crippen molar-refractivity contribution in [3.8, 4) is 28.3 Å². The molecule has 0 spiro atoms. The summed E-state index contributed by atoms with van der Waals surface area (Å²) in [5.41, 5.74) is 13.0. The summed E-state index contributed by atoms with van der Waals surface area (Å²) in [6.07, 6.45) is 3.45. The Morgan fingerprint density at radius 2 is 1.79 bits per heavy atom. The maximum Gasteiger partial charge on any atom is 0.164 e. The molecule has 8 nitrogen and oxygen atoms in total. The van der Waals surface area contributed by atoms with Crippen LogP contribution in [0.3, 0.4) is 0 Å². The van der Waals surface area contributed by atoms with E-state index < -0.39 is 5.82 Å². The summed E-state index contributed by atoms with van der Waals surface area (Å²) >= 11 is 0. The molecule has 0 bridgehead atoms. The summed E-state index contributed by atoms with van der Waals surface area (Å²) in [6.45, 7) is 2.91. The van der Waals surface area contributed by atoms with Gasteiger partial charge in [-0.25, -0.2) is 19.0 Å². The van der Waals surface area contributed by atoms with E-state index in [-0.39, 0.29) is 17.6 Å². The molecule has 0 amide bonds. The minimum atomic E-state index is -0.574. The average molecular weight is 522 g/mol. The highest BCUT2D eigenvalue weighted by atomic mass is 19.1. The number of phenolic OH excluding ortho intramolecular Hbond substituents is 1. The van der Waals surface area contributed by atoms with Crippen LogP contribution in [-0.2, 0) is 6.54 Å². The number of nitrogens with two attached hydrogens (primary N) is 1. The first-order valence-corrected chi connectivity index (χ1v) is 12.6. The number of rotatable bonds is 6. The van der Waals surface area contributed by atoms with Crippen LogP contribution in [0, 0.1) is 5.82 Å². The van der Waals surface area contributed by atoms with Crippen molar-refractivity contribution < 1.29 is 9.50 Å². The highest BCUT2D eigenvalue weighted by Crippen LogP contribution is 2.38. The number of anilines is 1. The molecule has 0 aliphatic carbocycles. The first-order chi connectivity index (χ1) is 18.8. The van der Waals surface area contributed by atoms with Crippen molar-refractivity contribution in [2.24, 2.45) is 0 Å².